The molecule has 0 N–H and O–H groups in total. The Bertz CT molecular complexity index is 504. The molecule has 6 heteroatoms. The zero-order valence-electron chi connectivity index (χ0n) is 10.3. The number of hydrogen-bond donors (Lipinski definition) is 0. The van der Waals surface area contributed by atoms with Crippen LogP contribution in [0.15, 0.2) is 12.1 Å². The van der Waals surface area contributed by atoms with Crippen LogP contribution in [0.1, 0.15) is 23.2 Å². The molecule has 0 aromatic heterocycles. The highest BCUT2D eigenvalue weighted by molar-refractivity contribution is 6.30. The minimum absolute atomic E-state index is 0.165. The molecule has 0 radical (unpaired) electrons. The third-order valence-electron chi connectivity index (χ3n) is 3.30. The summed E-state index contributed by atoms with van der Waals surface area (Å²) < 4.78 is 26.9. The lowest BCUT2D eigenvalue weighted by molar-refractivity contribution is 0.0741. The molecule has 1 aliphatic carbocycles. The fourth-order valence-electron chi connectivity index (χ4n) is 2.17. The summed E-state index contributed by atoms with van der Waals surface area (Å²) in [4.78, 5) is 13.4. The highest BCUT2D eigenvalue weighted by Crippen LogP contribution is 2.32. The molecule has 0 heterocycles. The van der Waals surface area contributed by atoms with Crippen molar-refractivity contribution < 1.29 is 13.6 Å². The third-order valence-corrected chi connectivity index (χ3v) is 3.94. The van der Waals surface area contributed by atoms with Crippen molar-refractivity contribution in [3.8, 4) is 0 Å². The summed E-state index contributed by atoms with van der Waals surface area (Å²) in [6, 6.07) is 1.65. The van der Waals surface area contributed by atoms with Gasteiger partial charge in [-0.3, -0.25) is 4.79 Å². The van der Waals surface area contributed by atoms with Gasteiger partial charge in [-0.1, -0.05) is 11.6 Å². The molecule has 1 saturated carbocycles. The van der Waals surface area contributed by atoms with E-state index >= 15 is 0 Å². The van der Waals surface area contributed by atoms with Gasteiger partial charge in [-0.25, -0.2) is 8.78 Å². The van der Waals surface area contributed by atoms with Gasteiger partial charge in [0.1, 0.15) is 11.6 Å². The van der Waals surface area contributed by atoms with Crippen molar-refractivity contribution in [3.05, 3.63) is 34.4 Å². The average molecular weight is 308 g/mol. The first kappa shape index (κ1) is 14.5. The van der Waals surface area contributed by atoms with Gasteiger partial charge in [0.15, 0.2) is 0 Å². The van der Waals surface area contributed by atoms with Crippen LogP contribution in [0.5, 0.6) is 0 Å². The van der Waals surface area contributed by atoms with Crippen molar-refractivity contribution in [2.75, 3.05) is 13.6 Å². The van der Waals surface area contributed by atoms with Crippen LogP contribution in [0, 0.1) is 17.6 Å². The smallest absolute Gasteiger partial charge is 0.256 e. The summed E-state index contributed by atoms with van der Waals surface area (Å²) in [5, 5.41) is -0.168. The molecule has 1 aliphatic rings. The highest BCUT2D eigenvalue weighted by atomic mass is 35.5. The Kier molecular flexibility index (Phi) is 4.31. The number of rotatable bonds is 3. The van der Waals surface area contributed by atoms with Gasteiger partial charge in [0, 0.05) is 19.0 Å². The van der Waals surface area contributed by atoms with Crippen LogP contribution in [-0.2, 0) is 0 Å². The molecule has 0 atom stereocenters. The first-order valence-electron chi connectivity index (χ1n) is 5.92. The van der Waals surface area contributed by atoms with Crippen LogP contribution in [0.2, 0.25) is 5.02 Å². The van der Waals surface area contributed by atoms with Gasteiger partial charge in [0.2, 0.25) is 0 Å². The number of benzene rings is 1. The molecule has 0 bridgehead atoms. The topological polar surface area (TPSA) is 20.3 Å². The van der Waals surface area contributed by atoms with Crippen molar-refractivity contribution in [3.63, 3.8) is 0 Å². The Morgan fingerprint density at radius 3 is 2.58 bits per heavy atom. The second-order valence-corrected chi connectivity index (χ2v) is 5.89. The number of alkyl halides is 1. The largest absolute Gasteiger partial charge is 0.341 e. The molecule has 1 fully saturated rings. The standard InChI is InChI=1S/C13H13Cl2F2NO/c1-18(6-7-2-8(14)3-7)13(19)9-4-12(17)10(15)5-11(9)16/h4-5,7-8H,2-3,6H2,1H3. The molecular formula is C13H13Cl2F2NO. The predicted octanol–water partition coefficient (Wildman–Crippen LogP) is 3.71. The normalized spacial score (nSPS) is 21.9. The number of amides is 1. The van der Waals surface area contributed by atoms with Crippen molar-refractivity contribution in [1.29, 1.82) is 0 Å². The molecule has 0 unspecified atom stereocenters. The monoisotopic (exact) mass is 307 g/mol. The van der Waals surface area contributed by atoms with Crippen LogP contribution in [0.25, 0.3) is 0 Å². The molecule has 0 spiro atoms. The number of nitrogens with zero attached hydrogens (tertiary/aromatic N) is 1. The van der Waals surface area contributed by atoms with E-state index < -0.39 is 17.5 Å². The van der Waals surface area contributed by atoms with E-state index in [0.29, 0.717) is 12.5 Å². The Morgan fingerprint density at radius 1 is 1.37 bits per heavy atom. The molecular weight excluding hydrogens is 295 g/mol. The van der Waals surface area contributed by atoms with Crippen LogP contribution in [0.3, 0.4) is 0 Å². The lowest BCUT2D eigenvalue weighted by Gasteiger charge is -2.34. The summed E-state index contributed by atoms with van der Waals surface area (Å²) in [6.07, 6.45) is 1.69. The fourth-order valence-corrected chi connectivity index (χ4v) is 2.82. The predicted molar refractivity (Wildman–Crippen MR) is 70.7 cm³/mol. The van der Waals surface area contributed by atoms with Crippen molar-refractivity contribution >= 4 is 29.1 Å². The van der Waals surface area contributed by atoms with Crippen LogP contribution in [-0.4, -0.2) is 29.8 Å². The van der Waals surface area contributed by atoms with Gasteiger partial charge >= 0.3 is 0 Å². The first-order chi connectivity index (χ1) is 8.88. The Balaban J connectivity index is 2.08. The van der Waals surface area contributed by atoms with Gasteiger partial charge in [0.05, 0.1) is 10.6 Å². The van der Waals surface area contributed by atoms with Gasteiger partial charge in [-0.15, -0.1) is 11.6 Å². The van der Waals surface area contributed by atoms with Crippen molar-refractivity contribution in [2.24, 2.45) is 5.92 Å². The fraction of sp³-hybridized carbons (Fsp3) is 0.462. The second kappa shape index (κ2) is 5.63. The third kappa shape index (κ3) is 3.18. The van der Waals surface area contributed by atoms with E-state index in [0.717, 1.165) is 25.0 Å². The number of halogens is 4. The number of carbonyl (C=O) groups excluding carboxylic acids is 1. The van der Waals surface area contributed by atoms with Crippen LogP contribution >= 0.6 is 23.2 Å². The van der Waals surface area contributed by atoms with Gasteiger partial charge in [-0.2, -0.15) is 0 Å². The molecule has 2 rings (SSSR count). The molecule has 1 aromatic rings. The SMILES string of the molecule is CN(CC1CC(Cl)C1)C(=O)c1cc(F)c(Cl)cc1F. The van der Waals surface area contributed by atoms with Gasteiger partial charge in [-0.05, 0) is 30.9 Å². The van der Waals surface area contributed by atoms with E-state index in [4.69, 9.17) is 23.2 Å². The minimum Gasteiger partial charge on any atom is -0.341 e. The minimum atomic E-state index is -0.813. The first-order valence-corrected chi connectivity index (χ1v) is 6.74. The number of carbonyl (C=O) groups is 1. The lowest BCUT2D eigenvalue weighted by Crippen LogP contribution is -2.38. The van der Waals surface area contributed by atoms with Crippen LogP contribution in [0.4, 0.5) is 8.78 Å². The Labute approximate surface area is 120 Å². The molecule has 2 nitrogen and oxygen atoms in total. The van der Waals surface area contributed by atoms with Crippen LogP contribution < -0.4 is 0 Å². The highest BCUT2D eigenvalue weighted by Gasteiger charge is 2.30. The van der Waals surface area contributed by atoms with Gasteiger partial charge in [0.25, 0.3) is 5.91 Å². The Hall–Kier alpha value is -0.870. The lowest BCUT2D eigenvalue weighted by atomic mass is 9.84. The molecule has 1 aromatic carbocycles. The average Bonchev–Trinajstić information content (AvgIpc) is 2.31. The summed E-state index contributed by atoms with van der Waals surface area (Å²) in [7, 11) is 1.57. The Morgan fingerprint density at radius 2 is 2.00 bits per heavy atom. The van der Waals surface area contributed by atoms with Crippen molar-refractivity contribution in [2.45, 2.75) is 18.2 Å². The maximum absolute atomic E-state index is 13.6. The zero-order chi connectivity index (χ0) is 14.2. The molecule has 19 heavy (non-hydrogen) atoms. The zero-order valence-corrected chi connectivity index (χ0v) is 11.8. The summed E-state index contributed by atoms with van der Waals surface area (Å²) >= 11 is 11.3. The summed E-state index contributed by atoms with van der Waals surface area (Å²) in [6.45, 7) is 0.492. The molecule has 0 saturated heterocycles. The summed E-state index contributed by atoms with van der Waals surface area (Å²) in [5.41, 5.74) is -0.300. The van der Waals surface area contributed by atoms with E-state index in [2.05, 4.69) is 0 Å². The molecule has 0 aliphatic heterocycles. The number of hydrogen-bond acceptors (Lipinski definition) is 1. The van der Waals surface area contributed by atoms with E-state index in [1.54, 1.807) is 7.05 Å². The van der Waals surface area contributed by atoms with Gasteiger partial charge < -0.3 is 4.90 Å². The summed E-state index contributed by atoms with van der Waals surface area (Å²) in [5.74, 6) is -1.83. The van der Waals surface area contributed by atoms with E-state index in [-0.39, 0.29) is 16.0 Å². The maximum atomic E-state index is 13.6. The maximum Gasteiger partial charge on any atom is 0.256 e. The quantitative estimate of drug-likeness (QED) is 0.616. The molecule has 1 amide bonds. The van der Waals surface area contributed by atoms with E-state index in [9.17, 15) is 13.6 Å². The van der Waals surface area contributed by atoms with E-state index in [1.807, 2.05) is 0 Å². The molecule has 104 valence electrons. The van der Waals surface area contributed by atoms with E-state index in [1.165, 1.54) is 4.90 Å². The van der Waals surface area contributed by atoms with Crippen molar-refractivity contribution in [1.82, 2.24) is 4.90 Å². The second-order valence-electron chi connectivity index (χ2n) is 4.87.